The molecular formula is C22H19N3OS. The van der Waals surface area contributed by atoms with Crippen molar-refractivity contribution in [3.8, 4) is 22.7 Å². The molecule has 4 aromatic rings. The first-order valence-electron chi connectivity index (χ1n) is 8.65. The van der Waals surface area contributed by atoms with Crippen molar-refractivity contribution in [3.05, 3.63) is 94.9 Å². The number of hydrogen-bond acceptors (Lipinski definition) is 4. The lowest BCUT2D eigenvalue weighted by Crippen LogP contribution is -2.14. The maximum Gasteiger partial charge on any atom is 0.190 e. The van der Waals surface area contributed by atoms with E-state index in [4.69, 9.17) is 9.73 Å². The second-order valence-corrected chi connectivity index (χ2v) is 6.82. The quantitative estimate of drug-likeness (QED) is 0.508. The van der Waals surface area contributed by atoms with Crippen molar-refractivity contribution in [2.45, 2.75) is 6.54 Å². The van der Waals surface area contributed by atoms with Crippen LogP contribution in [0.5, 0.6) is 5.75 Å². The van der Waals surface area contributed by atoms with Gasteiger partial charge in [-0.2, -0.15) is 0 Å². The van der Waals surface area contributed by atoms with Crippen molar-refractivity contribution in [1.82, 2.24) is 9.55 Å². The molecule has 0 aliphatic carbocycles. The summed E-state index contributed by atoms with van der Waals surface area (Å²) in [4.78, 5) is 9.97. The summed E-state index contributed by atoms with van der Waals surface area (Å²) >= 11 is 1.63. The molecule has 0 saturated heterocycles. The van der Waals surface area contributed by atoms with E-state index in [1.807, 2.05) is 54.7 Å². The van der Waals surface area contributed by atoms with Crippen LogP contribution in [0.3, 0.4) is 0 Å². The molecule has 2 aromatic carbocycles. The number of rotatable bonds is 5. The Hall–Kier alpha value is -3.18. The number of nitrogens with zero attached hydrogens (tertiary/aromatic N) is 3. The molecule has 0 amide bonds. The van der Waals surface area contributed by atoms with E-state index in [1.165, 1.54) is 0 Å². The van der Waals surface area contributed by atoms with Gasteiger partial charge in [-0.05, 0) is 35.9 Å². The van der Waals surface area contributed by atoms with E-state index in [0.29, 0.717) is 6.54 Å². The van der Waals surface area contributed by atoms with Gasteiger partial charge in [0.05, 0.1) is 19.3 Å². The molecule has 0 fully saturated rings. The maximum atomic E-state index is 5.40. The fraction of sp³-hybridized carbons (Fsp3) is 0.0909. The fourth-order valence-corrected chi connectivity index (χ4v) is 3.79. The van der Waals surface area contributed by atoms with E-state index in [-0.39, 0.29) is 0 Å². The van der Waals surface area contributed by atoms with Crippen molar-refractivity contribution < 1.29 is 4.74 Å². The zero-order valence-corrected chi connectivity index (χ0v) is 15.8. The number of para-hydroxylation sites is 1. The zero-order chi connectivity index (χ0) is 18.5. The predicted octanol–water partition coefficient (Wildman–Crippen LogP) is 4.71. The van der Waals surface area contributed by atoms with Gasteiger partial charge in [-0.1, -0.05) is 36.4 Å². The average molecular weight is 373 g/mol. The van der Waals surface area contributed by atoms with Gasteiger partial charge in [-0.15, -0.1) is 11.3 Å². The van der Waals surface area contributed by atoms with Gasteiger partial charge in [0.15, 0.2) is 4.80 Å². The second kappa shape index (κ2) is 8.01. The van der Waals surface area contributed by atoms with E-state index in [1.54, 1.807) is 24.6 Å². The number of hydrogen-bond donors (Lipinski definition) is 0. The van der Waals surface area contributed by atoms with Crippen molar-refractivity contribution >= 4 is 11.3 Å². The Labute approximate surface area is 162 Å². The molecule has 134 valence electrons. The number of benzene rings is 2. The molecular weight excluding hydrogens is 354 g/mol. The lowest BCUT2D eigenvalue weighted by Gasteiger charge is -2.10. The fourth-order valence-electron chi connectivity index (χ4n) is 2.88. The van der Waals surface area contributed by atoms with Crippen LogP contribution in [0.4, 0.5) is 0 Å². The highest BCUT2D eigenvalue weighted by Gasteiger charge is 2.10. The summed E-state index contributed by atoms with van der Waals surface area (Å²) in [7, 11) is 1.69. The highest BCUT2D eigenvalue weighted by molar-refractivity contribution is 7.07. The Morgan fingerprint density at radius 2 is 1.93 bits per heavy atom. The second-order valence-electron chi connectivity index (χ2n) is 5.98. The summed E-state index contributed by atoms with van der Waals surface area (Å²) in [5, 5.41) is 2.14. The van der Waals surface area contributed by atoms with Crippen LogP contribution in [-0.2, 0) is 6.54 Å². The highest BCUT2D eigenvalue weighted by atomic mass is 32.1. The van der Waals surface area contributed by atoms with Gasteiger partial charge in [0.1, 0.15) is 5.75 Å². The molecule has 2 heterocycles. The summed E-state index contributed by atoms with van der Waals surface area (Å²) in [6.45, 7) is 0.596. The molecule has 5 heteroatoms. The minimum Gasteiger partial charge on any atom is -0.497 e. The van der Waals surface area contributed by atoms with Crippen LogP contribution < -0.4 is 9.54 Å². The molecule has 4 rings (SSSR count). The Morgan fingerprint density at radius 3 is 2.70 bits per heavy atom. The molecule has 0 spiro atoms. The first-order chi connectivity index (χ1) is 13.3. The van der Waals surface area contributed by atoms with Crippen molar-refractivity contribution in [2.75, 3.05) is 7.11 Å². The first kappa shape index (κ1) is 17.2. The van der Waals surface area contributed by atoms with E-state index in [0.717, 1.165) is 33.1 Å². The number of pyridine rings is 1. The predicted molar refractivity (Wildman–Crippen MR) is 109 cm³/mol. The summed E-state index contributed by atoms with van der Waals surface area (Å²) in [6.07, 6.45) is 3.63. The molecule has 0 N–H and O–H groups in total. The lowest BCUT2D eigenvalue weighted by atomic mass is 10.1. The molecule has 0 unspecified atom stereocenters. The molecule has 0 bridgehead atoms. The number of aromatic nitrogens is 2. The van der Waals surface area contributed by atoms with Crippen LogP contribution in [0.1, 0.15) is 5.56 Å². The summed E-state index contributed by atoms with van der Waals surface area (Å²) in [6, 6.07) is 22.4. The van der Waals surface area contributed by atoms with E-state index >= 15 is 0 Å². The Morgan fingerprint density at radius 1 is 1.04 bits per heavy atom. The number of thiazole rings is 1. The Kier molecular flexibility index (Phi) is 5.12. The minimum atomic E-state index is 0.596. The molecule has 4 nitrogen and oxygen atoms in total. The third kappa shape index (κ3) is 3.83. The van der Waals surface area contributed by atoms with Gasteiger partial charge in [0, 0.05) is 29.0 Å². The van der Waals surface area contributed by atoms with Crippen LogP contribution in [-0.4, -0.2) is 16.7 Å². The summed E-state index contributed by atoms with van der Waals surface area (Å²) < 4.78 is 7.59. The topological polar surface area (TPSA) is 39.4 Å². The maximum absolute atomic E-state index is 5.40. The van der Waals surface area contributed by atoms with Crippen LogP contribution in [0, 0.1) is 0 Å². The van der Waals surface area contributed by atoms with Crippen LogP contribution in [0.2, 0.25) is 0 Å². The highest BCUT2D eigenvalue weighted by Crippen LogP contribution is 2.26. The monoisotopic (exact) mass is 373 g/mol. The smallest absolute Gasteiger partial charge is 0.190 e. The number of methoxy groups -OCH3 is 1. The first-order valence-corrected chi connectivity index (χ1v) is 9.53. The average Bonchev–Trinajstić information content (AvgIpc) is 3.17. The van der Waals surface area contributed by atoms with Crippen molar-refractivity contribution in [2.24, 2.45) is 4.99 Å². The third-order valence-electron chi connectivity index (χ3n) is 4.21. The summed E-state index contributed by atoms with van der Waals surface area (Å²) in [5.41, 5.74) is 4.36. The summed E-state index contributed by atoms with van der Waals surface area (Å²) in [5.74, 6) is 0.840. The molecule has 0 saturated carbocycles. The van der Waals surface area contributed by atoms with Gasteiger partial charge in [0.2, 0.25) is 0 Å². The Bertz CT molecular complexity index is 1090. The van der Waals surface area contributed by atoms with Gasteiger partial charge in [0.25, 0.3) is 0 Å². The molecule has 2 aromatic heterocycles. The molecule has 0 radical (unpaired) electrons. The van der Waals surface area contributed by atoms with Crippen LogP contribution in [0.15, 0.2) is 89.5 Å². The van der Waals surface area contributed by atoms with Crippen LogP contribution >= 0.6 is 11.3 Å². The van der Waals surface area contributed by atoms with Gasteiger partial charge < -0.3 is 4.74 Å². The van der Waals surface area contributed by atoms with Gasteiger partial charge >= 0.3 is 0 Å². The molecule has 0 aliphatic rings. The zero-order valence-electron chi connectivity index (χ0n) is 14.9. The largest absolute Gasteiger partial charge is 0.497 e. The van der Waals surface area contributed by atoms with E-state index < -0.39 is 0 Å². The Balaban J connectivity index is 1.84. The molecule has 27 heavy (non-hydrogen) atoms. The lowest BCUT2D eigenvalue weighted by molar-refractivity contribution is 0.415. The molecule has 0 aliphatic heterocycles. The van der Waals surface area contributed by atoms with Gasteiger partial charge in [-0.25, -0.2) is 0 Å². The van der Waals surface area contributed by atoms with Crippen molar-refractivity contribution in [3.63, 3.8) is 0 Å². The number of ether oxygens (including phenoxy) is 1. The molecule has 0 atom stereocenters. The SMILES string of the molecule is COc1cccc(-c2csc(=NCc3cccnc3)n2-c2ccccc2)c1. The third-order valence-corrected chi connectivity index (χ3v) is 5.07. The van der Waals surface area contributed by atoms with E-state index in [2.05, 4.69) is 33.1 Å². The van der Waals surface area contributed by atoms with Crippen LogP contribution in [0.25, 0.3) is 16.9 Å². The standard InChI is InChI=1S/C22H19N3OS/c1-26-20-11-5-8-18(13-20)21-16-27-22(24-15-17-7-6-12-23-14-17)25(21)19-9-3-2-4-10-19/h2-14,16H,15H2,1H3. The normalized spacial score (nSPS) is 11.5. The van der Waals surface area contributed by atoms with E-state index in [9.17, 15) is 0 Å². The van der Waals surface area contributed by atoms with Crippen molar-refractivity contribution in [1.29, 1.82) is 0 Å². The van der Waals surface area contributed by atoms with Gasteiger partial charge in [-0.3, -0.25) is 14.5 Å². The minimum absolute atomic E-state index is 0.596.